The van der Waals surface area contributed by atoms with Gasteiger partial charge in [-0.25, -0.2) is 0 Å². The molecule has 0 atom stereocenters. The first-order valence-electron chi connectivity index (χ1n) is 6.04. The number of carbonyl (C=O) groups excluding carboxylic acids is 1. The molecule has 1 aromatic heterocycles. The van der Waals surface area contributed by atoms with Gasteiger partial charge in [-0.2, -0.15) is 13.5 Å². The molecule has 0 aliphatic carbocycles. The smallest absolute Gasteiger partial charge is 0.278 e. The Morgan fingerprint density at radius 3 is 2.57 bits per heavy atom. The van der Waals surface area contributed by atoms with Crippen LogP contribution in [-0.2, 0) is 10.0 Å². The van der Waals surface area contributed by atoms with Crippen molar-refractivity contribution in [2.24, 2.45) is 0 Å². The van der Waals surface area contributed by atoms with Crippen molar-refractivity contribution in [1.82, 2.24) is 15.5 Å². The number of aromatic amines is 1. The van der Waals surface area contributed by atoms with Crippen molar-refractivity contribution < 1.29 is 13.2 Å². The molecule has 0 unspecified atom stereocenters. The van der Waals surface area contributed by atoms with Gasteiger partial charge in [-0.15, -0.1) is 6.58 Å². The van der Waals surface area contributed by atoms with Gasteiger partial charge in [0.2, 0.25) is 0 Å². The van der Waals surface area contributed by atoms with E-state index in [0.29, 0.717) is 17.8 Å². The van der Waals surface area contributed by atoms with Crippen LogP contribution < -0.4 is 10.0 Å². The van der Waals surface area contributed by atoms with Crippen LogP contribution in [0.5, 0.6) is 0 Å². The molecule has 7 nitrogen and oxygen atoms in total. The lowest BCUT2D eigenvalue weighted by atomic mass is 10.2. The Bertz CT molecular complexity index is 721. The van der Waals surface area contributed by atoms with Crippen LogP contribution in [0.4, 0.5) is 5.69 Å². The number of nitrogens with zero attached hydrogens (tertiary/aromatic N) is 1. The lowest BCUT2D eigenvalue weighted by Crippen LogP contribution is -2.23. The molecule has 0 spiro atoms. The van der Waals surface area contributed by atoms with E-state index in [1.54, 1.807) is 6.08 Å². The van der Waals surface area contributed by atoms with Crippen LogP contribution in [0.3, 0.4) is 0 Å². The van der Waals surface area contributed by atoms with E-state index in [1.807, 2.05) is 0 Å². The first kappa shape index (κ1) is 14.8. The number of aromatic nitrogens is 2. The fraction of sp³-hybridized carbons (Fsp3) is 0.0769. The number of H-pyrrole nitrogens is 1. The van der Waals surface area contributed by atoms with E-state index in [2.05, 4.69) is 26.8 Å². The van der Waals surface area contributed by atoms with Crippen LogP contribution in [0.15, 0.2) is 54.2 Å². The van der Waals surface area contributed by atoms with Gasteiger partial charge in [-0.05, 0) is 30.3 Å². The number of sulfonamides is 1. The Hall–Kier alpha value is -2.61. The SMILES string of the molecule is C=CCNC(=O)c1ccc(NS(=O)(=O)c2ccn[nH]2)cc1. The van der Waals surface area contributed by atoms with Crippen molar-refractivity contribution >= 4 is 21.6 Å². The highest BCUT2D eigenvalue weighted by atomic mass is 32.2. The summed E-state index contributed by atoms with van der Waals surface area (Å²) < 4.78 is 26.3. The molecule has 0 aliphatic rings. The molecular formula is C13H14N4O3S. The van der Waals surface area contributed by atoms with Gasteiger partial charge in [-0.3, -0.25) is 14.6 Å². The third kappa shape index (κ3) is 3.69. The van der Waals surface area contributed by atoms with Crippen LogP contribution in [0.1, 0.15) is 10.4 Å². The van der Waals surface area contributed by atoms with E-state index < -0.39 is 10.0 Å². The largest absolute Gasteiger partial charge is 0.349 e. The molecule has 0 saturated heterocycles. The molecule has 1 amide bonds. The Kier molecular flexibility index (Phi) is 4.39. The minimum absolute atomic E-state index is 0.0321. The zero-order chi connectivity index (χ0) is 15.3. The summed E-state index contributed by atoms with van der Waals surface area (Å²) in [6.07, 6.45) is 2.92. The predicted molar refractivity (Wildman–Crippen MR) is 78.4 cm³/mol. The second-order valence-corrected chi connectivity index (χ2v) is 5.75. The maximum atomic E-state index is 12.0. The zero-order valence-electron chi connectivity index (χ0n) is 11.0. The number of rotatable bonds is 6. The fourth-order valence-electron chi connectivity index (χ4n) is 1.56. The number of amides is 1. The first-order valence-corrected chi connectivity index (χ1v) is 7.52. The molecule has 110 valence electrons. The van der Waals surface area contributed by atoms with Gasteiger partial charge in [0.1, 0.15) is 0 Å². The van der Waals surface area contributed by atoms with E-state index in [4.69, 9.17) is 0 Å². The molecule has 2 rings (SSSR count). The van der Waals surface area contributed by atoms with Crippen molar-refractivity contribution in [2.75, 3.05) is 11.3 Å². The summed E-state index contributed by atoms with van der Waals surface area (Å²) in [5.74, 6) is -0.252. The summed E-state index contributed by atoms with van der Waals surface area (Å²) in [6.45, 7) is 3.87. The molecule has 0 radical (unpaired) electrons. The summed E-state index contributed by atoms with van der Waals surface area (Å²) in [7, 11) is -3.70. The summed E-state index contributed by atoms with van der Waals surface area (Å²) >= 11 is 0. The van der Waals surface area contributed by atoms with Crippen LogP contribution >= 0.6 is 0 Å². The van der Waals surface area contributed by atoms with Gasteiger partial charge in [0, 0.05) is 17.8 Å². The third-order valence-corrected chi connectivity index (χ3v) is 3.88. The van der Waals surface area contributed by atoms with E-state index in [-0.39, 0.29) is 10.9 Å². The average Bonchev–Trinajstić information content (AvgIpc) is 3.00. The Labute approximate surface area is 122 Å². The molecule has 0 bridgehead atoms. The molecule has 0 aliphatic heterocycles. The molecule has 1 heterocycles. The molecular weight excluding hydrogens is 292 g/mol. The summed E-state index contributed by atoms with van der Waals surface area (Å²) in [5, 5.41) is 8.56. The number of hydrogen-bond donors (Lipinski definition) is 3. The van der Waals surface area contributed by atoms with Gasteiger partial charge in [-0.1, -0.05) is 6.08 Å². The molecule has 21 heavy (non-hydrogen) atoms. The van der Waals surface area contributed by atoms with E-state index >= 15 is 0 Å². The first-order chi connectivity index (χ1) is 10.0. The molecule has 0 saturated carbocycles. The average molecular weight is 306 g/mol. The quantitative estimate of drug-likeness (QED) is 0.696. The molecule has 3 N–H and O–H groups in total. The molecule has 0 fully saturated rings. The number of benzene rings is 1. The van der Waals surface area contributed by atoms with Crippen molar-refractivity contribution in [1.29, 1.82) is 0 Å². The third-order valence-electron chi connectivity index (χ3n) is 2.57. The lowest BCUT2D eigenvalue weighted by Gasteiger charge is -2.07. The highest BCUT2D eigenvalue weighted by Gasteiger charge is 2.15. The van der Waals surface area contributed by atoms with E-state index in [9.17, 15) is 13.2 Å². The van der Waals surface area contributed by atoms with Gasteiger partial charge in [0.05, 0.1) is 6.20 Å². The monoisotopic (exact) mass is 306 g/mol. The maximum Gasteiger partial charge on any atom is 0.278 e. The fourth-order valence-corrected chi connectivity index (χ4v) is 2.53. The van der Waals surface area contributed by atoms with Crippen LogP contribution in [0.25, 0.3) is 0 Å². The van der Waals surface area contributed by atoms with Crippen LogP contribution in [0, 0.1) is 0 Å². The second-order valence-electron chi connectivity index (χ2n) is 4.10. The van der Waals surface area contributed by atoms with Gasteiger partial charge in [0.25, 0.3) is 15.9 Å². The summed E-state index contributed by atoms with van der Waals surface area (Å²) in [5.41, 5.74) is 0.784. The van der Waals surface area contributed by atoms with Gasteiger partial charge >= 0.3 is 0 Å². The second kappa shape index (κ2) is 6.23. The van der Waals surface area contributed by atoms with Crippen molar-refractivity contribution in [3.8, 4) is 0 Å². The standard InChI is InChI=1S/C13H14N4O3S/c1-2-8-14-13(18)10-3-5-11(6-4-10)17-21(19,20)12-7-9-15-16-12/h2-7,9,17H,1,8H2,(H,14,18)(H,15,16). The van der Waals surface area contributed by atoms with Gasteiger partial charge < -0.3 is 5.32 Å². The maximum absolute atomic E-state index is 12.0. The lowest BCUT2D eigenvalue weighted by molar-refractivity contribution is 0.0958. The molecule has 2 aromatic rings. The van der Waals surface area contributed by atoms with Crippen LogP contribution in [0.2, 0.25) is 0 Å². The Morgan fingerprint density at radius 1 is 1.29 bits per heavy atom. The Balaban J connectivity index is 2.09. The predicted octanol–water partition coefficient (Wildman–Crippen LogP) is 1.13. The van der Waals surface area contributed by atoms with Crippen molar-refractivity contribution in [3.05, 3.63) is 54.7 Å². The number of carbonyl (C=O) groups is 1. The topological polar surface area (TPSA) is 104 Å². The number of anilines is 1. The van der Waals surface area contributed by atoms with Crippen molar-refractivity contribution in [3.63, 3.8) is 0 Å². The Morgan fingerprint density at radius 2 is 2.00 bits per heavy atom. The summed E-state index contributed by atoms with van der Waals surface area (Å²) in [6, 6.07) is 7.43. The van der Waals surface area contributed by atoms with E-state index in [1.165, 1.54) is 36.5 Å². The zero-order valence-corrected chi connectivity index (χ0v) is 11.9. The molecule has 8 heteroatoms. The van der Waals surface area contributed by atoms with Crippen molar-refractivity contribution in [2.45, 2.75) is 5.03 Å². The highest BCUT2D eigenvalue weighted by Crippen LogP contribution is 2.14. The minimum atomic E-state index is -3.70. The van der Waals surface area contributed by atoms with Gasteiger partial charge in [0.15, 0.2) is 5.03 Å². The normalized spacial score (nSPS) is 10.9. The number of hydrogen-bond acceptors (Lipinski definition) is 4. The molecule has 1 aromatic carbocycles. The number of nitrogens with one attached hydrogen (secondary N) is 3. The minimum Gasteiger partial charge on any atom is -0.349 e. The van der Waals surface area contributed by atoms with Crippen LogP contribution in [-0.4, -0.2) is 31.1 Å². The summed E-state index contributed by atoms with van der Waals surface area (Å²) in [4.78, 5) is 11.7. The highest BCUT2D eigenvalue weighted by molar-refractivity contribution is 7.92. The van der Waals surface area contributed by atoms with E-state index in [0.717, 1.165) is 0 Å².